The van der Waals surface area contributed by atoms with Crippen LogP contribution in [0.3, 0.4) is 0 Å². The van der Waals surface area contributed by atoms with Crippen LogP contribution in [-0.4, -0.2) is 25.3 Å². The van der Waals surface area contributed by atoms with Crippen molar-refractivity contribution in [3.63, 3.8) is 0 Å². The quantitative estimate of drug-likeness (QED) is 0.640. The maximum Gasteiger partial charge on any atom is 0.302 e. The van der Waals surface area contributed by atoms with Gasteiger partial charge in [-0.25, -0.2) is 0 Å². The molecule has 3 aliphatic carbocycles. The summed E-state index contributed by atoms with van der Waals surface area (Å²) in [4.78, 5) is 11.4. The molecule has 0 amide bonds. The molecule has 6 unspecified atom stereocenters. The van der Waals surface area contributed by atoms with Gasteiger partial charge in [-0.05, 0) is 80.5 Å². The van der Waals surface area contributed by atoms with Crippen LogP contribution >= 0.6 is 0 Å². The van der Waals surface area contributed by atoms with Crippen molar-refractivity contribution >= 4 is 5.97 Å². The highest BCUT2D eigenvalue weighted by atomic mass is 16.5. The minimum atomic E-state index is -0.113. The van der Waals surface area contributed by atoms with Crippen molar-refractivity contribution in [1.82, 2.24) is 0 Å². The van der Waals surface area contributed by atoms with Crippen molar-refractivity contribution < 1.29 is 14.3 Å². The normalized spacial score (nSPS) is 41.4. The van der Waals surface area contributed by atoms with Crippen LogP contribution in [0.1, 0.15) is 85.0 Å². The summed E-state index contributed by atoms with van der Waals surface area (Å²) in [6.45, 7) is 6.24. The molecule has 25 heavy (non-hydrogen) atoms. The third-order valence-electron chi connectivity index (χ3n) is 7.96. The maximum atomic E-state index is 11.4. The first kappa shape index (κ1) is 19.2. The lowest BCUT2D eigenvalue weighted by atomic mass is 9.55. The summed E-state index contributed by atoms with van der Waals surface area (Å²) < 4.78 is 11.3. The van der Waals surface area contributed by atoms with Crippen molar-refractivity contribution in [2.75, 3.05) is 7.11 Å². The van der Waals surface area contributed by atoms with E-state index in [2.05, 4.69) is 13.8 Å². The molecule has 3 rings (SSSR count). The Labute approximate surface area is 154 Å². The van der Waals surface area contributed by atoms with Crippen LogP contribution < -0.4 is 0 Å². The number of hydrogen-bond donors (Lipinski definition) is 0. The Kier molecular flexibility index (Phi) is 6.13. The van der Waals surface area contributed by atoms with E-state index < -0.39 is 0 Å². The lowest BCUT2D eigenvalue weighted by Crippen LogP contribution is -2.45. The minimum absolute atomic E-state index is 0.113. The molecule has 0 aromatic carbocycles. The van der Waals surface area contributed by atoms with Crippen LogP contribution in [0, 0.1) is 29.1 Å². The zero-order valence-electron chi connectivity index (χ0n) is 16.8. The van der Waals surface area contributed by atoms with Gasteiger partial charge in [-0.15, -0.1) is 0 Å². The fourth-order valence-electron chi connectivity index (χ4n) is 6.70. The molecule has 0 aromatic heterocycles. The Morgan fingerprint density at radius 1 is 0.880 bits per heavy atom. The Morgan fingerprint density at radius 3 is 1.84 bits per heavy atom. The standard InChI is InChI=1S/C22H38O3/c1-15-13-18(7-9-20(15)24-4)22(11-5-6-12-22)19-8-10-21(16(2)14-19)25-17(3)23/h15-16,18-21H,5-14H2,1-4H3. The maximum absolute atomic E-state index is 11.4. The molecule has 0 aromatic rings. The highest BCUT2D eigenvalue weighted by Gasteiger charge is 2.50. The van der Waals surface area contributed by atoms with Crippen LogP contribution in [0.4, 0.5) is 0 Å². The van der Waals surface area contributed by atoms with Crippen molar-refractivity contribution in [1.29, 1.82) is 0 Å². The number of esters is 1. The van der Waals surface area contributed by atoms with Crippen LogP contribution in [-0.2, 0) is 14.3 Å². The predicted molar refractivity (Wildman–Crippen MR) is 100 cm³/mol. The van der Waals surface area contributed by atoms with Gasteiger partial charge in [0, 0.05) is 14.0 Å². The zero-order chi connectivity index (χ0) is 18.0. The molecular weight excluding hydrogens is 312 g/mol. The van der Waals surface area contributed by atoms with Gasteiger partial charge in [0.2, 0.25) is 0 Å². The zero-order valence-corrected chi connectivity index (χ0v) is 16.8. The fraction of sp³-hybridized carbons (Fsp3) is 0.955. The largest absolute Gasteiger partial charge is 0.462 e. The molecule has 144 valence electrons. The SMILES string of the molecule is COC1CCC(C2(C3CCC(OC(C)=O)C(C)C3)CCCC2)CC1C. The molecule has 3 fully saturated rings. The van der Waals surface area contributed by atoms with Crippen molar-refractivity contribution in [2.45, 2.75) is 97.2 Å². The van der Waals surface area contributed by atoms with Gasteiger partial charge in [0.05, 0.1) is 6.10 Å². The topological polar surface area (TPSA) is 35.5 Å². The summed E-state index contributed by atoms with van der Waals surface area (Å²) in [6.07, 6.45) is 13.8. The second kappa shape index (κ2) is 7.98. The monoisotopic (exact) mass is 350 g/mol. The second-order valence-electron chi connectivity index (χ2n) is 9.34. The van der Waals surface area contributed by atoms with Crippen molar-refractivity contribution in [3.8, 4) is 0 Å². The summed E-state index contributed by atoms with van der Waals surface area (Å²) in [7, 11) is 1.88. The molecule has 0 N–H and O–H groups in total. The van der Waals surface area contributed by atoms with Crippen LogP contribution in [0.25, 0.3) is 0 Å². The van der Waals surface area contributed by atoms with Gasteiger partial charge in [-0.1, -0.05) is 26.7 Å². The average Bonchev–Trinajstić information content (AvgIpc) is 3.07. The summed E-state index contributed by atoms with van der Waals surface area (Å²) in [6, 6.07) is 0. The predicted octanol–water partition coefficient (Wildman–Crippen LogP) is 5.37. The van der Waals surface area contributed by atoms with E-state index in [0.717, 1.165) is 18.3 Å². The van der Waals surface area contributed by atoms with Gasteiger partial charge in [0.1, 0.15) is 6.10 Å². The summed E-state index contributed by atoms with van der Waals surface area (Å²) >= 11 is 0. The number of ether oxygens (including phenoxy) is 2. The van der Waals surface area contributed by atoms with E-state index in [9.17, 15) is 4.79 Å². The van der Waals surface area contributed by atoms with E-state index in [1.807, 2.05) is 7.11 Å². The summed E-state index contributed by atoms with van der Waals surface area (Å²) in [5.74, 6) is 2.79. The first-order chi connectivity index (χ1) is 12.0. The molecule has 0 radical (unpaired) electrons. The molecule has 6 atom stereocenters. The van der Waals surface area contributed by atoms with Gasteiger partial charge in [0.15, 0.2) is 0 Å². The number of carbonyl (C=O) groups excluding carboxylic acids is 1. The molecule has 3 nitrogen and oxygen atoms in total. The molecular formula is C22H38O3. The minimum Gasteiger partial charge on any atom is -0.462 e. The first-order valence-electron chi connectivity index (χ1n) is 10.7. The molecule has 0 aliphatic heterocycles. The van der Waals surface area contributed by atoms with Gasteiger partial charge >= 0.3 is 5.97 Å². The average molecular weight is 351 g/mol. The van der Waals surface area contributed by atoms with Gasteiger partial charge in [-0.3, -0.25) is 4.79 Å². The molecule has 0 heterocycles. The number of rotatable bonds is 4. The summed E-state index contributed by atoms with van der Waals surface area (Å²) in [5.41, 5.74) is 0.558. The van der Waals surface area contributed by atoms with Gasteiger partial charge in [-0.2, -0.15) is 0 Å². The van der Waals surface area contributed by atoms with Crippen LogP contribution in [0.2, 0.25) is 0 Å². The van der Waals surface area contributed by atoms with Crippen LogP contribution in [0.15, 0.2) is 0 Å². The molecule has 0 bridgehead atoms. The smallest absolute Gasteiger partial charge is 0.302 e. The van der Waals surface area contributed by atoms with Gasteiger partial charge in [0.25, 0.3) is 0 Å². The third kappa shape index (κ3) is 3.91. The van der Waals surface area contributed by atoms with E-state index in [-0.39, 0.29) is 12.1 Å². The summed E-state index contributed by atoms with van der Waals surface area (Å²) in [5, 5.41) is 0. The highest BCUT2D eigenvalue weighted by Crippen LogP contribution is 2.59. The van der Waals surface area contributed by atoms with Crippen molar-refractivity contribution in [2.24, 2.45) is 29.1 Å². The van der Waals surface area contributed by atoms with E-state index in [1.165, 1.54) is 57.8 Å². The van der Waals surface area contributed by atoms with E-state index in [0.29, 0.717) is 23.4 Å². The Bertz CT molecular complexity index is 454. The molecule has 0 spiro atoms. The lowest BCUT2D eigenvalue weighted by Gasteiger charge is -2.51. The molecule has 3 aliphatic rings. The number of carbonyl (C=O) groups is 1. The first-order valence-corrected chi connectivity index (χ1v) is 10.7. The van der Waals surface area contributed by atoms with E-state index in [4.69, 9.17) is 9.47 Å². The Morgan fingerprint density at radius 2 is 1.40 bits per heavy atom. The molecule has 3 saturated carbocycles. The molecule has 0 saturated heterocycles. The van der Waals surface area contributed by atoms with Crippen molar-refractivity contribution in [3.05, 3.63) is 0 Å². The highest BCUT2D eigenvalue weighted by molar-refractivity contribution is 5.66. The Balaban J connectivity index is 1.70. The van der Waals surface area contributed by atoms with Crippen LogP contribution in [0.5, 0.6) is 0 Å². The number of hydrogen-bond acceptors (Lipinski definition) is 3. The molecule has 3 heteroatoms. The number of methoxy groups -OCH3 is 1. The van der Waals surface area contributed by atoms with E-state index in [1.54, 1.807) is 6.92 Å². The fourth-order valence-corrected chi connectivity index (χ4v) is 6.70. The van der Waals surface area contributed by atoms with E-state index >= 15 is 0 Å². The third-order valence-corrected chi connectivity index (χ3v) is 7.96. The Hall–Kier alpha value is -0.570. The second-order valence-corrected chi connectivity index (χ2v) is 9.34. The van der Waals surface area contributed by atoms with Gasteiger partial charge < -0.3 is 9.47 Å². The lowest BCUT2D eigenvalue weighted by molar-refractivity contribution is -0.152.